The lowest BCUT2D eigenvalue weighted by molar-refractivity contribution is 0.604. The maximum absolute atomic E-state index is 8.76. The minimum absolute atomic E-state index is 0.232. The van der Waals surface area contributed by atoms with Gasteiger partial charge in [0.15, 0.2) is 0 Å². The smallest absolute Gasteiger partial charge is 0.0991 e. The van der Waals surface area contributed by atoms with Crippen molar-refractivity contribution >= 4 is 11.3 Å². The molecule has 1 aromatic carbocycles. The van der Waals surface area contributed by atoms with E-state index in [1.54, 1.807) is 0 Å². The van der Waals surface area contributed by atoms with Gasteiger partial charge in [-0.2, -0.15) is 5.26 Å². The third-order valence-electron chi connectivity index (χ3n) is 3.11. The highest BCUT2D eigenvalue weighted by Crippen LogP contribution is 2.29. The van der Waals surface area contributed by atoms with E-state index in [9.17, 15) is 0 Å². The Bertz CT molecular complexity index is 597. The van der Waals surface area contributed by atoms with E-state index >= 15 is 0 Å². The quantitative estimate of drug-likeness (QED) is 0.913. The molecule has 2 rings (SSSR count). The molecule has 0 spiro atoms. The number of benzene rings is 1. The average Bonchev–Trinajstić information content (AvgIpc) is 2.88. The lowest BCUT2D eigenvalue weighted by Crippen LogP contribution is -2.11. The summed E-state index contributed by atoms with van der Waals surface area (Å²) in [5.74, 6) is 0. The van der Waals surface area contributed by atoms with E-state index in [1.165, 1.54) is 15.3 Å². The van der Waals surface area contributed by atoms with Crippen molar-refractivity contribution in [3.8, 4) is 6.07 Å². The maximum atomic E-state index is 8.76. The van der Waals surface area contributed by atoms with E-state index in [0.717, 1.165) is 13.1 Å². The first-order valence-corrected chi connectivity index (χ1v) is 7.59. The minimum Gasteiger partial charge on any atom is -0.308 e. The van der Waals surface area contributed by atoms with Crippen LogP contribution in [0.25, 0.3) is 0 Å². The number of nitrogens with zero attached hydrogens (tertiary/aromatic N) is 1. The molecule has 0 amide bonds. The van der Waals surface area contributed by atoms with Crippen LogP contribution in [0.4, 0.5) is 0 Å². The van der Waals surface area contributed by atoms with Crippen LogP contribution >= 0.6 is 11.3 Å². The molecule has 1 heterocycles. The van der Waals surface area contributed by atoms with Crippen molar-refractivity contribution in [3.05, 3.63) is 57.3 Å². The van der Waals surface area contributed by atoms with Crippen LogP contribution in [0, 0.1) is 11.3 Å². The molecule has 0 aliphatic carbocycles. The molecule has 2 aromatic rings. The predicted molar refractivity (Wildman–Crippen MR) is 84.7 cm³/mol. The molecule has 0 aliphatic heterocycles. The highest BCUT2D eigenvalue weighted by atomic mass is 32.1. The highest BCUT2D eigenvalue weighted by Gasteiger charge is 2.15. The van der Waals surface area contributed by atoms with Crippen LogP contribution in [-0.2, 0) is 18.5 Å². The summed E-state index contributed by atoms with van der Waals surface area (Å²) in [7, 11) is 0. The van der Waals surface area contributed by atoms with E-state index in [0.29, 0.717) is 5.56 Å². The SMILES string of the molecule is CC(C)(C)c1ccc(CNCc2ccc(C#N)cc2)s1. The lowest BCUT2D eigenvalue weighted by atomic mass is 9.95. The van der Waals surface area contributed by atoms with Crippen LogP contribution in [0.15, 0.2) is 36.4 Å². The number of thiophene rings is 1. The minimum atomic E-state index is 0.232. The van der Waals surface area contributed by atoms with E-state index in [2.05, 4.69) is 44.3 Å². The normalized spacial score (nSPS) is 11.3. The van der Waals surface area contributed by atoms with Gasteiger partial charge in [0.25, 0.3) is 0 Å². The Balaban J connectivity index is 1.86. The van der Waals surface area contributed by atoms with Crippen molar-refractivity contribution in [3.63, 3.8) is 0 Å². The predicted octanol–water partition coefficient (Wildman–Crippen LogP) is 4.21. The second-order valence-corrected chi connectivity index (χ2v) is 7.10. The fraction of sp³-hybridized carbons (Fsp3) is 0.353. The van der Waals surface area contributed by atoms with Gasteiger partial charge in [-0.25, -0.2) is 0 Å². The molecule has 104 valence electrons. The van der Waals surface area contributed by atoms with Gasteiger partial charge < -0.3 is 5.32 Å². The molecule has 0 saturated carbocycles. The summed E-state index contributed by atoms with van der Waals surface area (Å²) < 4.78 is 0. The fourth-order valence-electron chi connectivity index (χ4n) is 1.90. The molecule has 0 fully saturated rings. The first kappa shape index (κ1) is 14.8. The summed E-state index contributed by atoms with van der Waals surface area (Å²) in [6.07, 6.45) is 0. The molecule has 1 N–H and O–H groups in total. The van der Waals surface area contributed by atoms with Gasteiger partial charge in [0.1, 0.15) is 0 Å². The Morgan fingerprint density at radius 2 is 1.75 bits per heavy atom. The summed E-state index contributed by atoms with van der Waals surface area (Å²) in [5.41, 5.74) is 2.15. The number of hydrogen-bond acceptors (Lipinski definition) is 3. The average molecular weight is 284 g/mol. The topological polar surface area (TPSA) is 35.8 Å². The molecule has 3 heteroatoms. The summed E-state index contributed by atoms with van der Waals surface area (Å²) in [6, 6.07) is 14.3. The second-order valence-electron chi connectivity index (χ2n) is 5.93. The van der Waals surface area contributed by atoms with Crippen LogP contribution < -0.4 is 5.32 Å². The Labute approximate surface area is 125 Å². The van der Waals surface area contributed by atoms with Gasteiger partial charge in [-0.3, -0.25) is 0 Å². The zero-order valence-corrected chi connectivity index (χ0v) is 13.1. The van der Waals surface area contributed by atoms with Crippen LogP contribution in [-0.4, -0.2) is 0 Å². The zero-order chi connectivity index (χ0) is 14.6. The van der Waals surface area contributed by atoms with Crippen molar-refractivity contribution in [2.75, 3.05) is 0 Å². The molecule has 0 aliphatic rings. The van der Waals surface area contributed by atoms with Crippen molar-refractivity contribution in [2.45, 2.75) is 39.3 Å². The molecular formula is C17H20N2S. The van der Waals surface area contributed by atoms with Gasteiger partial charge >= 0.3 is 0 Å². The molecule has 1 aromatic heterocycles. The van der Waals surface area contributed by atoms with E-state index in [4.69, 9.17) is 5.26 Å². The third kappa shape index (κ3) is 3.93. The Hall–Kier alpha value is -1.63. The van der Waals surface area contributed by atoms with Crippen LogP contribution in [0.2, 0.25) is 0 Å². The molecule has 0 radical (unpaired) electrons. The first-order valence-electron chi connectivity index (χ1n) is 6.78. The van der Waals surface area contributed by atoms with Gasteiger partial charge in [0, 0.05) is 22.8 Å². The molecule has 0 saturated heterocycles. The number of rotatable bonds is 4. The van der Waals surface area contributed by atoms with Crippen molar-refractivity contribution < 1.29 is 0 Å². The van der Waals surface area contributed by atoms with Gasteiger partial charge in [-0.05, 0) is 35.2 Å². The summed E-state index contributed by atoms with van der Waals surface area (Å²) in [6.45, 7) is 8.45. The highest BCUT2D eigenvalue weighted by molar-refractivity contribution is 7.12. The van der Waals surface area contributed by atoms with Gasteiger partial charge in [0.05, 0.1) is 11.6 Å². The molecule has 20 heavy (non-hydrogen) atoms. The second kappa shape index (κ2) is 6.21. The Kier molecular flexibility index (Phi) is 4.59. The Morgan fingerprint density at radius 1 is 1.05 bits per heavy atom. The van der Waals surface area contributed by atoms with Crippen LogP contribution in [0.3, 0.4) is 0 Å². The van der Waals surface area contributed by atoms with Gasteiger partial charge in [0.2, 0.25) is 0 Å². The maximum Gasteiger partial charge on any atom is 0.0991 e. The van der Waals surface area contributed by atoms with E-state index < -0.39 is 0 Å². The Morgan fingerprint density at radius 3 is 2.30 bits per heavy atom. The molecule has 0 unspecified atom stereocenters. The van der Waals surface area contributed by atoms with Crippen LogP contribution in [0.5, 0.6) is 0 Å². The summed E-state index contributed by atoms with van der Waals surface area (Å²) in [5, 5.41) is 12.2. The van der Waals surface area contributed by atoms with E-state index in [-0.39, 0.29) is 5.41 Å². The fourth-order valence-corrected chi connectivity index (χ4v) is 2.94. The molecular weight excluding hydrogens is 264 g/mol. The third-order valence-corrected chi connectivity index (χ3v) is 4.62. The lowest BCUT2D eigenvalue weighted by Gasteiger charge is -2.15. The first-order chi connectivity index (χ1) is 9.49. The van der Waals surface area contributed by atoms with Crippen LogP contribution in [0.1, 0.15) is 41.7 Å². The van der Waals surface area contributed by atoms with Crippen molar-refractivity contribution in [2.24, 2.45) is 0 Å². The number of hydrogen-bond donors (Lipinski definition) is 1. The van der Waals surface area contributed by atoms with Gasteiger partial charge in [-0.15, -0.1) is 11.3 Å². The standard InChI is InChI=1S/C17H20N2S/c1-17(2,3)16-9-8-15(20-16)12-19-11-14-6-4-13(10-18)5-7-14/h4-9,19H,11-12H2,1-3H3. The molecule has 0 atom stereocenters. The van der Waals surface area contributed by atoms with Crippen molar-refractivity contribution in [1.82, 2.24) is 5.32 Å². The molecule has 0 bridgehead atoms. The molecule has 2 nitrogen and oxygen atoms in total. The summed E-state index contributed by atoms with van der Waals surface area (Å²) in [4.78, 5) is 2.79. The monoisotopic (exact) mass is 284 g/mol. The summed E-state index contributed by atoms with van der Waals surface area (Å²) >= 11 is 1.88. The number of nitriles is 1. The van der Waals surface area contributed by atoms with Gasteiger partial charge in [-0.1, -0.05) is 32.9 Å². The number of nitrogens with one attached hydrogen (secondary N) is 1. The van der Waals surface area contributed by atoms with E-state index in [1.807, 2.05) is 35.6 Å². The largest absolute Gasteiger partial charge is 0.308 e. The van der Waals surface area contributed by atoms with Crippen molar-refractivity contribution in [1.29, 1.82) is 5.26 Å². The zero-order valence-electron chi connectivity index (χ0n) is 12.2.